The van der Waals surface area contributed by atoms with Gasteiger partial charge < -0.3 is 10.1 Å². The summed E-state index contributed by atoms with van der Waals surface area (Å²) in [5.74, 6) is 0. The van der Waals surface area contributed by atoms with Crippen molar-refractivity contribution in [2.75, 3.05) is 13.1 Å². The highest BCUT2D eigenvalue weighted by Gasteiger charge is 2.18. The molecule has 0 radical (unpaired) electrons. The summed E-state index contributed by atoms with van der Waals surface area (Å²) in [4.78, 5) is 8.06. The molecule has 0 aliphatic carbocycles. The Morgan fingerprint density at radius 3 is 2.58 bits per heavy atom. The van der Waals surface area contributed by atoms with E-state index in [1.54, 1.807) is 12.4 Å². The average Bonchev–Trinajstić information content (AvgIpc) is 2.00. The van der Waals surface area contributed by atoms with E-state index >= 15 is 0 Å². The highest BCUT2D eigenvalue weighted by Crippen LogP contribution is 2.08. The third kappa shape index (κ3) is 1.84. The highest BCUT2D eigenvalue weighted by atomic mass is 127. The molecule has 1 fully saturated rings. The second-order valence-electron chi connectivity index (χ2n) is 2.58. The molecule has 1 aromatic rings. The van der Waals surface area contributed by atoms with Crippen LogP contribution >= 0.6 is 22.6 Å². The van der Waals surface area contributed by atoms with Gasteiger partial charge in [-0.2, -0.15) is 0 Å². The molecule has 2 rings (SSSR count). The minimum Gasteiger partial charge on any atom is -0.457 e. The maximum atomic E-state index is 5.42. The summed E-state index contributed by atoms with van der Waals surface area (Å²) in [6.45, 7) is 1.80. The maximum Gasteiger partial charge on any atom is 0.316 e. The predicted molar refractivity (Wildman–Crippen MR) is 52.0 cm³/mol. The first kappa shape index (κ1) is 8.18. The van der Waals surface area contributed by atoms with Crippen LogP contribution in [0.15, 0.2) is 12.4 Å². The Balaban J connectivity index is 1.98. The molecule has 1 aromatic heterocycles. The van der Waals surface area contributed by atoms with Crippen molar-refractivity contribution in [3.8, 4) is 6.01 Å². The summed E-state index contributed by atoms with van der Waals surface area (Å²) in [5.41, 5.74) is 0. The van der Waals surface area contributed by atoms with Crippen LogP contribution < -0.4 is 10.1 Å². The topological polar surface area (TPSA) is 47.0 Å². The lowest BCUT2D eigenvalue weighted by Gasteiger charge is -2.26. The second kappa shape index (κ2) is 3.53. The van der Waals surface area contributed by atoms with Crippen molar-refractivity contribution < 1.29 is 4.74 Å². The van der Waals surface area contributed by atoms with Gasteiger partial charge in [-0.15, -0.1) is 0 Å². The number of ether oxygens (including phenoxy) is 1. The molecular weight excluding hydrogens is 269 g/mol. The lowest BCUT2D eigenvalue weighted by Crippen LogP contribution is -2.50. The summed E-state index contributed by atoms with van der Waals surface area (Å²) in [7, 11) is 0. The Labute approximate surface area is 83.9 Å². The first-order valence-corrected chi connectivity index (χ1v) is 4.77. The van der Waals surface area contributed by atoms with Gasteiger partial charge in [-0.1, -0.05) is 0 Å². The second-order valence-corrected chi connectivity index (χ2v) is 3.83. The van der Waals surface area contributed by atoms with E-state index in [-0.39, 0.29) is 6.10 Å². The van der Waals surface area contributed by atoms with Crippen molar-refractivity contribution >= 4 is 22.6 Å². The molecule has 5 heteroatoms. The minimum absolute atomic E-state index is 0.255. The predicted octanol–water partition coefficient (Wildman–Crippen LogP) is 0.432. The van der Waals surface area contributed by atoms with Crippen LogP contribution in [-0.2, 0) is 0 Å². The van der Waals surface area contributed by atoms with Gasteiger partial charge in [0.15, 0.2) is 0 Å². The van der Waals surface area contributed by atoms with Crippen LogP contribution in [0.3, 0.4) is 0 Å². The quantitative estimate of drug-likeness (QED) is 0.796. The van der Waals surface area contributed by atoms with Crippen LogP contribution in [0, 0.1) is 3.57 Å². The van der Waals surface area contributed by atoms with E-state index in [0.717, 1.165) is 16.7 Å². The zero-order valence-corrected chi connectivity index (χ0v) is 8.48. The van der Waals surface area contributed by atoms with Gasteiger partial charge in [-0.05, 0) is 22.6 Å². The fraction of sp³-hybridized carbons (Fsp3) is 0.429. The molecule has 1 saturated heterocycles. The van der Waals surface area contributed by atoms with E-state index in [4.69, 9.17) is 4.74 Å². The Bertz CT molecular complexity index is 260. The summed E-state index contributed by atoms with van der Waals surface area (Å²) in [5, 5.41) is 3.11. The number of hydrogen-bond acceptors (Lipinski definition) is 4. The van der Waals surface area contributed by atoms with Gasteiger partial charge in [-0.3, -0.25) is 0 Å². The largest absolute Gasteiger partial charge is 0.457 e. The number of nitrogens with zero attached hydrogens (tertiary/aromatic N) is 2. The molecule has 1 aliphatic heterocycles. The summed E-state index contributed by atoms with van der Waals surface area (Å²) in [6, 6.07) is 0.474. The van der Waals surface area contributed by atoms with E-state index in [1.807, 2.05) is 0 Å². The van der Waals surface area contributed by atoms with Crippen molar-refractivity contribution in [3.05, 3.63) is 16.0 Å². The zero-order chi connectivity index (χ0) is 8.39. The molecule has 2 heterocycles. The van der Waals surface area contributed by atoms with Crippen LogP contribution in [0.5, 0.6) is 6.01 Å². The number of nitrogens with one attached hydrogen (secondary N) is 1. The molecule has 0 amide bonds. The van der Waals surface area contributed by atoms with Crippen LogP contribution in [0.2, 0.25) is 0 Å². The van der Waals surface area contributed by atoms with Crippen LogP contribution in [-0.4, -0.2) is 29.2 Å². The smallest absolute Gasteiger partial charge is 0.316 e. The lowest BCUT2D eigenvalue weighted by atomic mass is 10.2. The number of hydrogen-bond donors (Lipinski definition) is 1. The van der Waals surface area contributed by atoms with Gasteiger partial charge in [0, 0.05) is 29.1 Å². The van der Waals surface area contributed by atoms with Gasteiger partial charge in [0.05, 0.1) is 0 Å². The van der Waals surface area contributed by atoms with Crippen molar-refractivity contribution in [3.63, 3.8) is 0 Å². The molecule has 0 unspecified atom stereocenters. The molecule has 0 atom stereocenters. The van der Waals surface area contributed by atoms with E-state index in [1.165, 1.54) is 0 Å². The molecule has 12 heavy (non-hydrogen) atoms. The third-order valence-corrected chi connectivity index (χ3v) is 2.17. The van der Waals surface area contributed by atoms with Gasteiger partial charge in [0.25, 0.3) is 0 Å². The van der Waals surface area contributed by atoms with Gasteiger partial charge in [-0.25, -0.2) is 9.97 Å². The van der Waals surface area contributed by atoms with Crippen molar-refractivity contribution in [1.82, 2.24) is 15.3 Å². The monoisotopic (exact) mass is 277 g/mol. The number of halogens is 1. The average molecular weight is 277 g/mol. The standard InChI is InChI=1S/C7H8IN3O/c8-5-1-10-7(11-2-5)12-6-3-9-4-6/h1-2,6,9H,3-4H2. The van der Waals surface area contributed by atoms with Gasteiger partial charge >= 0.3 is 6.01 Å². The van der Waals surface area contributed by atoms with Crippen molar-refractivity contribution in [2.24, 2.45) is 0 Å². The molecule has 1 N–H and O–H groups in total. The molecule has 0 bridgehead atoms. The lowest BCUT2D eigenvalue weighted by molar-refractivity contribution is 0.129. The number of rotatable bonds is 2. The molecule has 0 saturated carbocycles. The highest BCUT2D eigenvalue weighted by molar-refractivity contribution is 14.1. The van der Waals surface area contributed by atoms with Gasteiger partial charge in [0.1, 0.15) is 6.10 Å². The fourth-order valence-corrected chi connectivity index (χ4v) is 1.13. The molecule has 0 spiro atoms. The SMILES string of the molecule is Ic1cnc(OC2CNC2)nc1. The Hall–Kier alpha value is -0.430. The van der Waals surface area contributed by atoms with Gasteiger partial charge in [0.2, 0.25) is 0 Å². The van der Waals surface area contributed by atoms with Crippen molar-refractivity contribution in [1.29, 1.82) is 0 Å². The molecule has 0 aromatic carbocycles. The molecule has 64 valence electrons. The zero-order valence-electron chi connectivity index (χ0n) is 6.33. The number of aromatic nitrogens is 2. The molecular formula is C7H8IN3O. The Kier molecular flexibility index (Phi) is 2.40. The van der Waals surface area contributed by atoms with Crippen LogP contribution in [0.1, 0.15) is 0 Å². The fourth-order valence-electron chi connectivity index (χ4n) is 0.856. The minimum atomic E-state index is 0.255. The van der Waals surface area contributed by atoms with E-state index in [2.05, 4.69) is 37.9 Å². The summed E-state index contributed by atoms with van der Waals surface area (Å²) in [6.07, 6.45) is 3.74. The normalized spacial score (nSPS) is 17.1. The van der Waals surface area contributed by atoms with E-state index in [9.17, 15) is 0 Å². The molecule has 4 nitrogen and oxygen atoms in total. The first-order chi connectivity index (χ1) is 5.84. The maximum absolute atomic E-state index is 5.42. The van der Waals surface area contributed by atoms with Crippen LogP contribution in [0.4, 0.5) is 0 Å². The first-order valence-electron chi connectivity index (χ1n) is 3.69. The van der Waals surface area contributed by atoms with E-state index < -0.39 is 0 Å². The third-order valence-electron chi connectivity index (χ3n) is 1.61. The Morgan fingerprint density at radius 1 is 1.42 bits per heavy atom. The Morgan fingerprint density at radius 2 is 2.08 bits per heavy atom. The van der Waals surface area contributed by atoms with Crippen molar-refractivity contribution in [2.45, 2.75) is 6.10 Å². The van der Waals surface area contributed by atoms with E-state index in [0.29, 0.717) is 6.01 Å². The molecule has 1 aliphatic rings. The van der Waals surface area contributed by atoms with Crippen LogP contribution in [0.25, 0.3) is 0 Å². The summed E-state index contributed by atoms with van der Waals surface area (Å²) >= 11 is 2.16. The summed E-state index contributed by atoms with van der Waals surface area (Å²) < 4.78 is 6.44.